The molecule has 0 aliphatic heterocycles. The predicted octanol–water partition coefficient (Wildman–Crippen LogP) is 4.87. The molecule has 1 rings (SSSR count). The summed E-state index contributed by atoms with van der Waals surface area (Å²) in [6, 6.07) is 8.21. The van der Waals surface area contributed by atoms with Crippen molar-refractivity contribution in [2.45, 2.75) is 26.7 Å². The highest BCUT2D eigenvalue weighted by atomic mass is 127. The molecule has 3 heteroatoms. The predicted molar refractivity (Wildman–Crippen MR) is 81.5 cm³/mol. The monoisotopic (exact) mass is 396 g/mol. The largest absolute Gasteiger partial charge is 0.493 e. The van der Waals surface area contributed by atoms with Crippen LogP contribution in [0, 0.1) is 8.99 Å². The van der Waals surface area contributed by atoms with Crippen molar-refractivity contribution in [1.82, 2.24) is 0 Å². The van der Waals surface area contributed by atoms with Crippen LogP contribution in [0.2, 0.25) is 0 Å². The molecule has 0 amide bonds. The second-order valence-electron chi connectivity index (χ2n) is 4.08. The minimum absolute atomic E-state index is 0.267. The van der Waals surface area contributed by atoms with Crippen LogP contribution in [0.5, 0.6) is 5.75 Å². The van der Waals surface area contributed by atoms with Crippen LogP contribution in [-0.2, 0) is 0 Å². The van der Waals surface area contributed by atoms with E-state index in [0.29, 0.717) is 0 Å². The molecule has 0 fully saturated rings. The van der Waals surface area contributed by atoms with Crippen molar-refractivity contribution < 1.29 is 4.74 Å². The molecule has 0 aromatic heterocycles. The molecule has 0 heterocycles. The van der Waals surface area contributed by atoms with Gasteiger partial charge >= 0.3 is 0 Å². The highest BCUT2D eigenvalue weighted by Crippen LogP contribution is 2.29. The summed E-state index contributed by atoms with van der Waals surface area (Å²) in [5.41, 5.74) is 0.267. The lowest BCUT2D eigenvalue weighted by molar-refractivity contribution is 0.158. The van der Waals surface area contributed by atoms with Crippen LogP contribution in [0.4, 0.5) is 0 Å². The maximum absolute atomic E-state index is 5.87. The standard InChI is InChI=1S/C13H18BrIO/c1-3-13(4-2,9-14)10-16-12-7-5-11(15)6-8-12/h5-8H,3-4,9-10H2,1-2H3. The van der Waals surface area contributed by atoms with Crippen LogP contribution in [0.3, 0.4) is 0 Å². The summed E-state index contributed by atoms with van der Waals surface area (Å²) in [5, 5.41) is 0.997. The average molecular weight is 397 g/mol. The van der Waals surface area contributed by atoms with Crippen molar-refractivity contribution in [2.75, 3.05) is 11.9 Å². The van der Waals surface area contributed by atoms with Gasteiger partial charge in [-0.05, 0) is 59.7 Å². The number of ether oxygens (including phenoxy) is 1. The number of hydrogen-bond donors (Lipinski definition) is 0. The Kier molecular flexibility index (Phi) is 6.11. The van der Waals surface area contributed by atoms with Crippen LogP contribution < -0.4 is 4.74 Å². The second kappa shape index (κ2) is 6.84. The smallest absolute Gasteiger partial charge is 0.119 e. The third kappa shape index (κ3) is 3.91. The van der Waals surface area contributed by atoms with Crippen molar-refractivity contribution in [3.05, 3.63) is 27.8 Å². The molecule has 90 valence electrons. The van der Waals surface area contributed by atoms with E-state index in [1.54, 1.807) is 0 Å². The number of halogens is 2. The molecular weight excluding hydrogens is 379 g/mol. The fraction of sp³-hybridized carbons (Fsp3) is 0.538. The zero-order valence-electron chi connectivity index (χ0n) is 9.80. The van der Waals surface area contributed by atoms with Gasteiger partial charge in [0.25, 0.3) is 0 Å². The number of alkyl halides is 1. The Bertz CT molecular complexity index is 298. The van der Waals surface area contributed by atoms with Crippen molar-refractivity contribution in [2.24, 2.45) is 5.41 Å². The molecule has 0 spiro atoms. The highest BCUT2D eigenvalue weighted by Gasteiger charge is 2.25. The summed E-state index contributed by atoms with van der Waals surface area (Å²) in [5.74, 6) is 0.965. The summed E-state index contributed by atoms with van der Waals surface area (Å²) in [6.45, 7) is 5.23. The van der Waals surface area contributed by atoms with Crippen LogP contribution >= 0.6 is 38.5 Å². The summed E-state index contributed by atoms with van der Waals surface area (Å²) in [7, 11) is 0. The zero-order valence-corrected chi connectivity index (χ0v) is 13.5. The topological polar surface area (TPSA) is 9.23 Å². The van der Waals surface area contributed by atoms with E-state index < -0.39 is 0 Å². The normalized spacial score (nSPS) is 11.5. The second-order valence-corrected chi connectivity index (χ2v) is 5.89. The fourth-order valence-corrected chi connectivity index (χ4v) is 2.76. The first-order valence-corrected chi connectivity index (χ1v) is 7.80. The molecule has 0 saturated carbocycles. The molecule has 1 aromatic rings. The number of hydrogen-bond acceptors (Lipinski definition) is 1. The summed E-state index contributed by atoms with van der Waals surface area (Å²) in [6.07, 6.45) is 2.28. The lowest BCUT2D eigenvalue weighted by Crippen LogP contribution is -2.28. The van der Waals surface area contributed by atoms with E-state index in [2.05, 4.69) is 64.5 Å². The fourth-order valence-electron chi connectivity index (χ4n) is 1.45. The van der Waals surface area contributed by atoms with Gasteiger partial charge in [-0.15, -0.1) is 0 Å². The Morgan fingerprint density at radius 3 is 2.19 bits per heavy atom. The van der Waals surface area contributed by atoms with Crippen molar-refractivity contribution in [1.29, 1.82) is 0 Å². The minimum atomic E-state index is 0.267. The van der Waals surface area contributed by atoms with E-state index in [1.807, 2.05) is 12.1 Å². The Balaban J connectivity index is 2.58. The molecule has 0 radical (unpaired) electrons. The van der Waals surface area contributed by atoms with Crippen LogP contribution in [0.25, 0.3) is 0 Å². The third-order valence-corrected chi connectivity index (χ3v) is 5.05. The molecule has 0 saturated heterocycles. The van der Waals surface area contributed by atoms with Gasteiger partial charge in [-0.1, -0.05) is 29.8 Å². The third-order valence-electron chi connectivity index (χ3n) is 3.14. The molecule has 0 bridgehead atoms. The van der Waals surface area contributed by atoms with Gasteiger partial charge in [0, 0.05) is 14.3 Å². The van der Waals surface area contributed by atoms with Gasteiger partial charge in [0.1, 0.15) is 5.75 Å². The molecule has 0 aliphatic carbocycles. The van der Waals surface area contributed by atoms with E-state index in [1.165, 1.54) is 3.57 Å². The van der Waals surface area contributed by atoms with Crippen molar-refractivity contribution in [3.63, 3.8) is 0 Å². The van der Waals surface area contributed by atoms with Crippen molar-refractivity contribution >= 4 is 38.5 Å². The van der Waals surface area contributed by atoms with Crippen LogP contribution in [0.15, 0.2) is 24.3 Å². The van der Waals surface area contributed by atoms with Gasteiger partial charge in [-0.25, -0.2) is 0 Å². The van der Waals surface area contributed by atoms with E-state index in [4.69, 9.17) is 4.74 Å². The Morgan fingerprint density at radius 1 is 1.19 bits per heavy atom. The summed E-state index contributed by atoms with van der Waals surface area (Å²) >= 11 is 5.90. The number of rotatable bonds is 6. The first-order valence-electron chi connectivity index (χ1n) is 5.60. The summed E-state index contributed by atoms with van der Waals surface area (Å²) < 4.78 is 7.10. The van der Waals surface area contributed by atoms with E-state index >= 15 is 0 Å². The van der Waals surface area contributed by atoms with E-state index in [0.717, 1.165) is 30.5 Å². The van der Waals surface area contributed by atoms with Gasteiger partial charge in [0.2, 0.25) is 0 Å². The lowest BCUT2D eigenvalue weighted by Gasteiger charge is -2.29. The first-order chi connectivity index (χ1) is 7.65. The first kappa shape index (κ1) is 14.3. The molecular formula is C13H18BrIO. The lowest BCUT2D eigenvalue weighted by atomic mass is 9.86. The Hall–Kier alpha value is 0.230. The number of benzene rings is 1. The Labute approximate surface area is 120 Å². The Morgan fingerprint density at radius 2 is 1.75 bits per heavy atom. The molecule has 1 nitrogen and oxygen atoms in total. The van der Waals surface area contributed by atoms with E-state index in [-0.39, 0.29) is 5.41 Å². The summed E-state index contributed by atoms with van der Waals surface area (Å²) in [4.78, 5) is 0. The molecule has 0 atom stereocenters. The van der Waals surface area contributed by atoms with Gasteiger partial charge in [-0.3, -0.25) is 0 Å². The van der Waals surface area contributed by atoms with Crippen LogP contribution in [0.1, 0.15) is 26.7 Å². The SMILES string of the molecule is CCC(CC)(CBr)COc1ccc(I)cc1. The molecule has 1 aromatic carbocycles. The molecule has 0 unspecified atom stereocenters. The maximum atomic E-state index is 5.87. The van der Waals surface area contributed by atoms with E-state index in [9.17, 15) is 0 Å². The zero-order chi connectivity index (χ0) is 12.0. The quantitative estimate of drug-likeness (QED) is 0.492. The van der Waals surface area contributed by atoms with Gasteiger partial charge < -0.3 is 4.74 Å². The molecule has 16 heavy (non-hydrogen) atoms. The van der Waals surface area contributed by atoms with Crippen molar-refractivity contribution in [3.8, 4) is 5.75 Å². The highest BCUT2D eigenvalue weighted by molar-refractivity contribution is 14.1. The van der Waals surface area contributed by atoms with Gasteiger partial charge in [0.15, 0.2) is 0 Å². The average Bonchev–Trinajstić information content (AvgIpc) is 2.34. The van der Waals surface area contributed by atoms with Gasteiger partial charge in [0.05, 0.1) is 6.61 Å². The minimum Gasteiger partial charge on any atom is -0.493 e. The van der Waals surface area contributed by atoms with Gasteiger partial charge in [-0.2, -0.15) is 0 Å². The van der Waals surface area contributed by atoms with Crippen LogP contribution in [-0.4, -0.2) is 11.9 Å². The molecule has 0 aliphatic rings. The molecule has 0 N–H and O–H groups in total. The maximum Gasteiger partial charge on any atom is 0.119 e.